The minimum absolute atomic E-state index is 0.108. The number of nitrogens with one attached hydrogen (secondary N) is 2. The fourth-order valence-corrected chi connectivity index (χ4v) is 4.49. The molecular formula is C23H22FN3O4S. The zero-order valence-corrected chi connectivity index (χ0v) is 18.4. The van der Waals surface area contributed by atoms with Crippen molar-refractivity contribution in [2.75, 3.05) is 19.0 Å². The molecule has 0 bridgehead atoms. The number of H-pyrrole nitrogens is 1. The van der Waals surface area contributed by atoms with Gasteiger partial charge in [-0.25, -0.2) is 9.37 Å². The van der Waals surface area contributed by atoms with Crippen LogP contribution in [0.5, 0.6) is 11.5 Å². The number of carbonyl (C=O) groups excluding carboxylic acids is 1. The van der Waals surface area contributed by atoms with Gasteiger partial charge in [0.05, 0.1) is 19.3 Å². The minimum Gasteiger partial charge on any atom is -0.493 e. The van der Waals surface area contributed by atoms with E-state index in [1.165, 1.54) is 24.9 Å². The number of ether oxygens (including phenoxy) is 2. The van der Waals surface area contributed by atoms with Crippen molar-refractivity contribution >= 4 is 23.5 Å². The largest absolute Gasteiger partial charge is 0.493 e. The summed E-state index contributed by atoms with van der Waals surface area (Å²) in [4.78, 5) is 32.6. The molecule has 3 aromatic rings. The van der Waals surface area contributed by atoms with Crippen LogP contribution in [-0.2, 0) is 10.5 Å². The molecule has 0 saturated heterocycles. The van der Waals surface area contributed by atoms with E-state index in [1.807, 2.05) is 13.0 Å². The van der Waals surface area contributed by atoms with E-state index in [2.05, 4.69) is 15.3 Å². The summed E-state index contributed by atoms with van der Waals surface area (Å²) in [6.07, 6.45) is 0.108. The molecule has 2 heterocycles. The second-order valence-electron chi connectivity index (χ2n) is 7.16. The summed E-state index contributed by atoms with van der Waals surface area (Å²) in [6.45, 7) is 2.36. The van der Waals surface area contributed by atoms with Crippen LogP contribution in [0.2, 0.25) is 0 Å². The quantitative estimate of drug-likeness (QED) is 0.412. The average molecular weight is 456 g/mol. The summed E-state index contributed by atoms with van der Waals surface area (Å²) < 4.78 is 24.9. The van der Waals surface area contributed by atoms with Crippen molar-refractivity contribution in [3.05, 3.63) is 75.3 Å². The number of fused-ring (bicyclic) bond motifs is 1. The van der Waals surface area contributed by atoms with Gasteiger partial charge in [0.1, 0.15) is 11.6 Å². The van der Waals surface area contributed by atoms with Crippen LogP contribution in [-0.4, -0.2) is 29.6 Å². The SMILES string of the molecule is CCOc1ccc(C2CC(=O)Nc3nc(SCc4ccccc4F)[nH]c(=O)c32)cc1OC. The number of carbonyl (C=O) groups is 1. The number of amides is 1. The topological polar surface area (TPSA) is 93.3 Å². The van der Waals surface area contributed by atoms with Gasteiger partial charge >= 0.3 is 0 Å². The number of hydrogen-bond acceptors (Lipinski definition) is 6. The summed E-state index contributed by atoms with van der Waals surface area (Å²) >= 11 is 1.19. The molecular weight excluding hydrogens is 433 g/mol. The van der Waals surface area contributed by atoms with Gasteiger partial charge in [-0.2, -0.15) is 0 Å². The van der Waals surface area contributed by atoms with Crippen LogP contribution in [0.3, 0.4) is 0 Å². The highest BCUT2D eigenvalue weighted by Crippen LogP contribution is 2.38. The molecule has 1 aliphatic rings. The fraction of sp³-hybridized carbons (Fsp3) is 0.261. The first-order valence-corrected chi connectivity index (χ1v) is 11.1. The van der Waals surface area contributed by atoms with Gasteiger partial charge in [-0.05, 0) is 36.2 Å². The Balaban J connectivity index is 1.66. The van der Waals surface area contributed by atoms with E-state index in [0.717, 1.165) is 5.56 Å². The van der Waals surface area contributed by atoms with Crippen molar-refractivity contribution < 1.29 is 18.7 Å². The van der Waals surface area contributed by atoms with Crippen molar-refractivity contribution in [1.82, 2.24) is 9.97 Å². The van der Waals surface area contributed by atoms with Gasteiger partial charge in [0.25, 0.3) is 5.56 Å². The zero-order valence-electron chi connectivity index (χ0n) is 17.6. The third-order valence-corrected chi connectivity index (χ3v) is 6.06. The molecule has 7 nitrogen and oxygen atoms in total. The van der Waals surface area contributed by atoms with E-state index in [9.17, 15) is 14.0 Å². The van der Waals surface area contributed by atoms with Gasteiger partial charge in [0, 0.05) is 18.1 Å². The first-order valence-electron chi connectivity index (χ1n) is 10.1. The number of methoxy groups -OCH3 is 1. The van der Waals surface area contributed by atoms with Crippen molar-refractivity contribution in [3.63, 3.8) is 0 Å². The standard InChI is InChI=1S/C23H22FN3O4S/c1-3-31-17-9-8-13(10-18(17)30-2)15-11-19(28)25-21-20(15)22(29)27-23(26-21)32-12-14-6-4-5-7-16(14)24/h4-10,15H,3,11-12H2,1-2H3,(H2,25,26,27,28,29). The van der Waals surface area contributed by atoms with Crippen LogP contribution in [0.15, 0.2) is 52.4 Å². The number of benzene rings is 2. The van der Waals surface area contributed by atoms with Gasteiger partial charge in [0.15, 0.2) is 16.7 Å². The molecule has 1 unspecified atom stereocenters. The summed E-state index contributed by atoms with van der Waals surface area (Å²) in [5.74, 6) is 0.590. The Morgan fingerprint density at radius 2 is 2.00 bits per heavy atom. The highest BCUT2D eigenvalue weighted by Gasteiger charge is 2.31. The fourth-order valence-electron chi connectivity index (χ4n) is 3.64. The number of rotatable bonds is 7. The minimum atomic E-state index is -0.481. The molecule has 0 spiro atoms. The number of hydrogen-bond donors (Lipinski definition) is 2. The number of aromatic amines is 1. The summed E-state index contributed by atoms with van der Waals surface area (Å²) in [5, 5.41) is 3.00. The first kappa shape index (κ1) is 21.9. The Morgan fingerprint density at radius 1 is 1.19 bits per heavy atom. The smallest absolute Gasteiger partial charge is 0.257 e. The Hall–Kier alpha value is -3.33. The van der Waals surface area contributed by atoms with Crippen molar-refractivity contribution in [3.8, 4) is 11.5 Å². The van der Waals surface area contributed by atoms with E-state index < -0.39 is 5.92 Å². The predicted molar refractivity (Wildman–Crippen MR) is 120 cm³/mol. The summed E-state index contributed by atoms with van der Waals surface area (Å²) in [5.41, 5.74) is 1.29. The maximum atomic E-state index is 13.9. The van der Waals surface area contributed by atoms with Gasteiger partial charge in [-0.15, -0.1) is 0 Å². The van der Waals surface area contributed by atoms with Crippen LogP contribution in [0.4, 0.5) is 10.2 Å². The van der Waals surface area contributed by atoms with Gasteiger partial charge < -0.3 is 19.8 Å². The Labute approximate surface area is 188 Å². The van der Waals surface area contributed by atoms with Crippen LogP contribution < -0.4 is 20.3 Å². The molecule has 0 fully saturated rings. The van der Waals surface area contributed by atoms with Gasteiger partial charge in [-0.3, -0.25) is 9.59 Å². The summed E-state index contributed by atoms with van der Waals surface area (Å²) in [6, 6.07) is 11.8. The molecule has 1 atom stereocenters. The second-order valence-corrected chi connectivity index (χ2v) is 8.13. The molecule has 32 heavy (non-hydrogen) atoms. The van der Waals surface area contributed by atoms with Crippen molar-refractivity contribution in [2.45, 2.75) is 30.2 Å². The van der Waals surface area contributed by atoms with Crippen LogP contribution in [0, 0.1) is 5.82 Å². The molecule has 0 saturated carbocycles. The van der Waals surface area contributed by atoms with Crippen molar-refractivity contribution in [1.29, 1.82) is 0 Å². The number of anilines is 1. The molecule has 2 N–H and O–H groups in total. The monoisotopic (exact) mass is 455 g/mol. The molecule has 2 aromatic carbocycles. The van der Waals surface area contributed by atoms with E-state index in [1.54, 1.807) is 30.3 Å². The maximum Gasteiger partial charge on any atom is 0.257 e. The molecule has 0 aliphatic carbocycles. The highest BCUT2D eigenvalue weighted by molar-refractivity contribution is 7.98. The molecule has 1 aromatic heterocycles. The molecule has 1 aliphatic heterocycles. The highest BCUT2D eigenvalue weighted by atomic mass is 32.2. The van der Waals surface area contributed by atoms with Crippen LogP contribution >= 0.6 is 11.8 Å². The Kier molecular flexibility index (Phi) is 6.45. The lowest BCUT2D eigenvalue weighted by atomic mass is 9.86. The number of halogens is 1. The van der Waals surface area contributed by atoms with Crippen LogP contribution in [0.1, 0.15) is 36.0 Å². The second kappa shape index (κ2) is 9.44. The number of thioether (sulfide) groups is 1. The predicted octanol–water partition coefficient (Wildman–Crippen LogP) is 4.08. The molecule has 166 valence electrons. The van der Waals surface area contributed by atoms with E-state index in [4.69, 9.17) is 9.47 Å². The molecule has 4 rings (SSSR count). The summed E-state index contributed by atoms with van der Waals surface area (Å²) in [7, 11) is 1.54. The third kappa shape index (κ3) is 4.47. The van der Waals surface area contributed by atoms with E-state index in [-0.39, 0.29) is 29.5 Å². The molecule has 0 radical (unpaired) electrons. The number of aromatic nitrogens is 2. The van der Waals surface area contributed by atoms with E-state index in [0.29, 0.717) is 40.1 Å². The molecule has 9 heteroatoms. The maximum absolute atomic E-state index is 13.9. The van der Waals surface area contributed by atoms with Crippen molar-refractivity contribution in [2.24, 2.45) is 0 Å². The van der Waals surface area contributed by atoms with Crippen LogP contribution in [0.25, 0.3) is 0 Å². The normalized spacial score (nSPS) is 15.1. The third-order valence-electron chi connectivity index (χ3n) is 5.14. The van der Waals surface area contributed by atoms with E-state index >= 15 is 0 Å². The Bertz CT molecular complexity index is 1210. The van der Waals surface area contributed by atoms with Gasteiger partial charge in [-0.1, -0.05) is 36.0 Å². The number of nitrogens with zero attached hydrogens (tertiary/aromatic N) is 1. The lowest BCUT2D eigenvalue weighted by molar-refractivity contribution is -0.116. The first-order chi connectivity index (χ1) is 15.5. The molecule has 1 amide bonds. The lowest BCUT2D eigenvalue weighted by Gasteiger charge is -2.25. The average Bonchev–Trinajstić information content (AvgIpc) is 2.78. The Morgan fingerprint density at radius 3 is 2.75 bits per heavy atom. The lowest BCUT2D eigenvalue weighted by Crippen LogP contribution is -2.31. The van der Waals surface area contributed by atoms with Gasteiger partial charge in [0.2, 0.25) is 5.91 Å². The zero-order chi connectivity index (χ0) is 22.7.